The lowest BCUT2D eigenvalue weighted by atomic mass is 9.54. The van der Waals surface area contributed by atoms with Crippen molar-refractivity contribution >= 4 is 17.5 Å². The molecule has 25 heavy (non-hydrogen) atoms. The van der Waals surface area contributed by atoms with Crippen LogP contribution in [0.4, 0.5) is 5.69 Å². The summed E-state index contributed by atoms with van der Waals surface area (Å²) >= 11 is 0. The Labute approximate surface area is 149 Å². The van der Waals surface area contributed by atoms with Gasteiger partial charge in [0.05, 0.1) is 6.10 Å². The summed E-state index contributed by atoms with van der Waals surface area (Å²) in [5, 5.41) is 5.68. The molecule has 0 radical (unpaired) electrons. The fraction of sp³-hybridized carbons (Fsp3) is 0.579. The molecule has 1 fully saturated rings. The second-order valence-electron chi connectivity index (χ2n) is 7.13. The van der Waals surface area contributed by atoms with Gasteiger partial charge in [0.2, 0.25) is 5.91 Å². The summed E-state index contributed by atoms with van der Waals surface area (Å²) in [7, 11) is 0. The van der Waals surface area contributed by atoms with Crippen molar-refractivity contribution < 1.29 is 14.3 Å². The van der Waals surface area contributed by atoms with Crippen LogP contribution < -0.4 is 16.4 Å². The number of nitrogens with one attached hydrogen (secondary N) is 2. The van der Waals surface area contributed by atoms with Crippen LogP contribution in [0.5, 0.6) is 0 Å². The molecular formula is C19H29N3O3. The van der Waals surface area contributed by atoms with E-state index in [9.17, 15) is 9.59 Å². The Bertz CT molecular complexity index is 627. The van der Waals surface area contributed by atoms with Crippen molar-refractivity contribution in [3.63, 3.8) is 0 Å². The van der Waals surface area contributed by atoms with Crippen LogP contribution in [0.3, 0.4) is 0 Å². The van der Waals surface area contributed by atoms with Gasteiger partial charge < -0.3 is 21.1 Å². The predicted molar refractivity (Wildman–Crippen MR) is 98.4 cm³/mol. The molecule has 138 valence electrons. The number of carbonyl (C=O) groups excluding carboxylic acids is 2. The van der Waals surface area contributed by atoms with E-state index in [0.717, 1.165) is 6.42 Å². The first kappa shape index (κ1) is 19.4. The van der Waals surface area contributed by atoms with Crippen LogP contribution in [0.2, 0.25) is 0 Å². The molecule has 0 aliphatic heterocycles. The summed E-state index contributed by atoms with van der Waals surface area (Å²) in [6.07, 6.45) is 1.37. The molecule has 6 nitrogen and oxygen atoms in total. The Kier molecular flexibility index (Phi) is 5.85. The fourth-order valence-electron chi connectivity index (χ4n) is 3.11. The van der Waals surface area contributed by atoms with Gasteiger partial charge in [-0.2, -0.15) is 0 Å². The average molecular weight is 347 g/mol. The van der Waals surface area contributed by atoms with E-state index in [1.807, 2.05) is 27.7 Å². The molecule has 2 atom stereocenters. The smallest absolute Gasteiger partial charge is 0.251 e. The first-order valence-electron chi connectivity index (χ1n) is 8.86. The molecule has 0 saturated heterocycles. The largest absolute Gasteiger partial charge is 0.378 e. The summed E-state index contributed by atoms with van der Waals surface area (Å²) < 4.78 is 5.66. The van der Waals surface area contributed by atoms with Gasteiger partial charge in [-0.15, -0.1) is 0 Å². The van der Waals surface area contributed by atoms with Crippen LogP contribution in [0.25, 0.3) is 0 Å². The summed E-state index contributed by atoms with van der Waals surface area (Å²) in [5.41, 5.74) is 6.15. The maximum Gasteiger partial charge on any atom is 0.251 e. The molecular weight excluding hydrogens is 318 g/mol. The summed E-state index contributed by atoms with van der Waals surface area (Å²) in [6.45, 7) is 9.09. The molecule has 6 heteroatoms. The van der Waals surface area contributed by atoms with Gasteiger partial charge in [0.25, 0.3) is 5.91 Å². The van der Waals surface area contributed by atoms with Crippen LogP contribution in [0.1, 0.15) is 50.9 Å². The molecule has 0 heterocycles. The highest BCUT2D eigenvalue weighted by Gasteiger charge is 2.62. The molecule has 2 rings (SSSR count). The van der Waals surface area contributed by atoms with E-state index in [2.05, 4.69) is 10.6 Å². The monoisotopic (exact) mass is 347 g/mol. The Balaban J connectivity index is 2.00. The highest BCUT2D eigenvalue weighted by molar-refractivity contribution is 6.00. The molecule has 0 spiro atoms. The lowest BCUT2D eigenvalue weighted by Crippen LogP contribution is -2.74. The number of benzene rings is 1. The van der Waals surface area contributed by atoms with Crippen molar-refractivity contribution in [3.05, 3.63) is 29.8 Å². The highest BCUT2D eigenvalue weighted by atomic mass is 16.5. The second-order valence-corrected chi connectivity index (χ2v) is 7.13. The molecule has 1 saturated carbocycles. The standard InChI is InChI=1S/C19H29N3O3/c1-5-11-21-16(23)13-7-9-14(10-8-13)22-17(24)19(20)12-15(25-6-2)18(19,3)4/h7-10,15H,5-6,11-12,20H2,1-4H3,(H,21,23)(H,22,24). The first-order chi connectivity index (χ1) is 11.8. The zero-order chi connectivity index (χ0) is 18.7. The third-order valence-electron chi connectivity index (χ3n) is 5.18. The zero-order valence-corrected chi connectivity index (χ0v) is 15.5. The van der Waals surface area contributed by atoms with Gasteiger partial charge in [0.15, 0.2) is 0 Å². The van der Waals surface area contributed by atoms with Gasteiger partial charge in [-0.3, -0.25) is 9.59 Å². The number of amides is 2. The van der Waals surface area contributed by atoms with Gasteiger partial charge in [-0.1, -0.05) is 20.8 Å². The summed E-state index contributed by atoms with van der Waals surface area (Å²) in [5.74, 6) is -0.341. The molecule has 0 aromatic heterocycles. The van der Waals surface area contributed by atoms with Crippen LogP contribution in [0, 0.1) is 5.41 Å². The molecule has 1 aliphatic carbocycles. The summed E-state index contributed by atoms with van der Waals surface area (Å²) in [4.78, 5) is 24.6. The normalized spacial score (nSPS) is 24.3. The van der Waals surface area contributed by atoms with Crippen molar-refractivity contribution in [2.75, 3.05) is 18.5 Å². The molecule has 1 aromatic carbocycles. The molecule has 4 N–H and O–H groups in total. The third-order valence-corrected chi connectivity index (χ3v) is 5.18. The minimum Gasteiger partial charge on any atom is -0.378 e. The summed E-state index contributed by atoms with van der Waals surface area (Å²) in [6, 6.07) is 6.82. The van der Waals surface area contributed by atoms with E-state index in [1.165, 1.54) is 0 Å². The van der Waals surface area contributed by atoms with E-state index >= 15 is 0 Å². The highest BCUT2D eigenvalue weighted by Crippen LogP contribution is 2.50. The van der Waals surface area contributed by atoms with Crippen molar-refractivity contribution in [1.29, 1.82) is 0 Å². The Hall–Kier alpha value is -1.92. The Morgan fingerprint density at radius 1 is 1.24 bits per heavy atom. The van der Waals surface area contributed by atoms with Gasteiger partial charge in [0.1, 0.15) is 5.54 Å². The van der Waals surface area contributed by atoms with Crippen molar-refractivity contribution in [1.82, 2.24) is 5.32 Å². The van der Waals surface area contributed by atoms with E-state index in [0.29, 0.717) is 30.8 Å². The van der Waals surface area contributed by atoms with Crippen LogP contribution >= 0.6 is 0 Å². The second kappa shape index (κ2) is 7.54. The van der Waals surface area contributed by atoms with Gasteiger partial charge in [0, 0.05) is 36.2 Å². The minimum absolute atomic E-state index is 0.0158. The number of anilines is 1. The van der Waals surface area contributed by atoms with Crippen molar-refractivity contribution in [2.45, 2.75) is 52.2 Å². The molecule has 0 bridgehead atoms. The minimum atomic E-state index is -0.968. The maximum absolute atomic E-state index is 12.7. The number of carbonyl (C=O) groups is 2. The van der Waals surface area contributed by atoms with E-state index in [4.69, 9.17) is 10.5 Å². The number of hydrogen-bond donors (Lipinski definition) is 3. The number of ether oxygens (including phenoxy) is 1. The topological polar surface area (TPSA) is 93.5 Å². The average Bonchev–Trinajstić information content (AvgIpc) is 2.59. The van der Waals surface area contributed by atoms with Gasteiger partial charge in [-0.25, -0.2) is 0 Å². The Morgan fingerprint density at radius 3 is 2.40 bits per heavy atom. The third kappa shape index (κ3) is 3.70. The number of rotatable bonds is 7. The number of nitrogens with two attached hydrogens (primary N) is 1. The molecule has 1 aromatic rings. The predicted octanol–water partition coefficient (Wildman–Crippen LogP) is 2.30. The fourth-order valence-corrected chi connectivity index (χ4v) is 3.11. The van der Waals surface area contributed by atoms with Gasteiger partial charge in [-0.05, 0) is 37.6 Å². The lowest BCUT2D eigenvalue weighted by Gasteiger charge is -2.57. The van der Waals surface area contributed by atoms with Crippen LogP contribution in [-0.2, 0) is 9.53 Å². The van der Waals surface area contributed by atoms with E-state index in [-0.39, 0.29) is 17.9 Å². The Morgan fingerprint density at radius 2 is 1.88 bits per heavy atom. The SMILES string of the molecule is CCCNC(=O)c1ccc(NC(=O)C2(N)CC(OCC)C2(C)C)cc1. The lowest BCUT2D eigenvalue weighted by molar-refractivity contribution is -0.166. The number of hydrogen-bond acceptors (Lipinski definition) is 4. The zero-order valence-electron chi connectivity index (χ0n) is 15.5. The maximum atomic E-state index is 12.7. The van der Waals surface area contributed by atoms with Crippen LogP contribution in [-0.4, -0.2) is 36.6 Å². The molecule has 1 aliphatic rings. The first-order valence-corrected chi connectivity index (χ1v) is 8.86. The van der Waals surface area contributed by atoms with E-state index < -0.39 is 11.0 Å². The quantitative estimate of drug-likeness (QED) is 0.705. The van der Waals surface area contributed by atoms with Crippen molar-refractivity contribution in [3.8, 4) is 0 Å². The van der Waals surface area contributed by atoms with Crippen LogP contribution in [0.15, 0.2) is 24.3 Å². The molecule has 2 unspecified atom stereocenters. The van der Waals surface area contributed by atoms with Gasteiger partial charge >= 0.3 is 0 Å². The van der Waals surface area contributed by atoms with E-state index in [1.54, 1.807) is 24.3 Å². The molecule has 2 amide bonds. The van der Waals surface area contributed by atoms with Crippen molar-refractivity contribution in [2.24, 2.45) is 11.1 Å².